The number of carbonyl (C=O) groups excluding carboxylic acids is 2. The standard InChI is InChI=1S/C31H36FN3O4S/c1-23-16-18-27(19-17-23)40(38,39)35(29-15-9-8-14-28(29)32)22-30(36)34(21-20-25-10-4-3-5-11-25)24(2)31(37)33-26-12-6-7-13-26/h3-5,8-11,14-19,24,26H,6-7,12-13,20-22H2,1-2H3,(H,33,37)/t24-/m0/s1. The molecule has 9 heteroatoms. The van der Waals surface area contributed by atoms with Gasteiger partial charge in [0.25, 0.3) is 10.0 Å². The van der Waals surface area contributed by atoms with E-state index in [9.17, 15) is 22.4 Å². The molecule has 4 rings (SSSR count). The average molecular weight is 566 g/mol. The van der Waals surface area contributed by atoms with Gasteiger partial charge >= 0.3 is 0 Å². The Hall–Kier alpha value is -3.72. The maximum Gasteiger partial charge on any atom is 0.264 e. The molecule has 0 aliphatic heterocycles. The molecule has 1 aliphatic carbocycles. The molecule has 1 fully saturated rings. The normalized spacial score (nSPS) is 14.5. The van der Waals surface area contributed by atoms with E-state index in [-0.39, 0.29) is 29.1 Å². The van der Waals surface area contributed by atoms with Crippen LogP contribution in [0.2, 0.25) is 0 Å². The molecular weight excluding hydrogens is 529 g/mol. The van der Waals surface area contributed by atoms with E-state index >= 15 is 0 Å². The number of hydrogen-bond donors (Lipinski definition) is 1. The number of para-hydroxylation sites is 1. The quantitative estimate of drug-likeness (QED) is 0.360. The number of carbonyl (C=O) groups is 2. The molecule has 0 aromatic heterocycles. The second-order valence-corrected chi connectivity index (χ2v) is 12.1. The van der Waals surface area contributed by atoms with Crippen molar-refractivity contribution in [2.45, 2.75) is 62.9 Å². The molecule has 40 heavy (non-hydrogen) atoms. The van der Waals surface area contributed by atoms with Crippen LogP contribution in [0.5, 0.6) is 0 Å². The van der Waals surface area contributed by atoms with Gasteiger partial charge in [0, 0.05) is 12.6 Å². The first-order chi connectivity index (χ1) is 19.2. The highest BCUT2D eigenvalue weighted by molar-refractivity contribution is 7.92. The monoisotopic (exact) mass is 565 g/mol. The Morgan fingerprint density at radius 3 is 2.23 bits per heavy atom. The number of halogens is 1. The van der Waals surface area contributed by atoms with Crippen molar-refractivity contribution in [2.75, 3.05) is 17.4 Å². The predicted molar refractivity (Wildman–Crippen MR) is 154 cm³/mol. The number of sulfonamides is 1. The lowest BCUT2D eigenvalue weighted by molar-refractivity contribution is -0.139. The molecule has 3 aromatic rings. The highest BCUT2D eigenvalue weighted by Gasteiger charge is 2.34. The molecule has 1 N–H and O–H groups in total. The third-order valence-electron chi connectivity index (χ3n) is 7.36. The van der Waals surface area contributed by atoms with Crippen molar-refractivity contribution in [1.82, 2.24) is 10.2 Å². The van der Waals surface area contributed by atoms with Gasteiger partial charge in [0.05, 0.1) is 10.6 Å². The van der Waals surface area contributed by atoms with Crippen molar-refractivity contribution in [2.24, 2.45) is 0 Å². The first kappa shape index (κ1) is 29.3. The van der Waals surface area contributed by atoms with Crippen molar-refractivity contribution in [3.05, 3.63) is 95.8 Å². The summed E-state index contributed by atoms with van der Waals surface area (Å²) in [5, 5.41) is 3.04. The highest BCUT2D eigenvalue weighted by Crippen LogP contribution is 2.27. The zero-order valence-corrected chi connectivity index (χ0v) is 23.7. The number of hydrogen-bond acceptors (Lipinski definition) is 4. The Kier molecular flexibility index (Phi) is 9.58. The summed E-state index contributed by atoms with van der Waals surface area (Å²) in [4.78, 5) is 28.5. The van der Waals surface area contributed by atoms with E-state index < -0.39 is 34.3 Å². The van der Waals surface area contributed by atoms with Crippen LogP contribution in [0.3, 0.4) is 0 Å². The van der Waals surface area contributed by atoms with Crippen LogP contribution in [0, 0.1) is 12.7 Å². The lowest BCUT2D eigenvalue weighted by Crippen LogP contribution is -2.53. The number of aryl methyl sites for hydroxylation is 1. The number of nitrogens with one attached hydrogen (secondary N) is 1. The van der Waals surface area contributed by atoms with Crippen LogP contribution < -0.4 is 9.62 Å². The maximum atomic E-state index is 15.0. The van der Waals surface area contributed by atoms with Gasteiger partial charge in [0.1, 0.15) is 18.4 Å². The van der Waals surface area contributed by atoms with E-state index in [0.717, 1.165) is 47.2 Å². The molecule has 0 bridgehead atoms. The minimum atomic E-state index is -4.31. The zero-order chi connectivity index (χ0) is 28.7. The van der Waals surface area contributed by atoms with Crippen LogP contribution >= 0.6 is 0 Å². The average Bonchev–Trinajstić information content (AvgIpc) is 3.46. The fourth-order valence-corrected chi connectivity index (χ4v) is 6.39. The molecule has 0 heterocycles. The number of amides is 2. The van der Waals surface area contributed by atoms with Gasteiger partial charge in [-0.15, -0.1) is 0 Å². The van der Waals surface area contributed by atoms with Crippen molar-refractivity contribution in [3.63, 3.8) is 0 Å². The maximum absolute atomic E-state index is 15.0. The highest BCUT2D eigenvalue weighted by atomic mass is 32.2. The molecule has 0 radical (unpaired) electrons. The predicted octanol–water partition coefficient (Wildman–Crippen LogP) is 4.85. The molecule has 3 aromatic carbocycles. The van der Waals surface area contributed by atoms with Gasteiger partial charge in [-0.2, -0.15) is 0 Å². The summed E-state index contributed by atoms with van der Waals surface area (Å²) in [5.41, 5.74) is 1.60. The Bertz CT molecular complexity index is 1410. The minimum absolute atomic E-state index is 0.0583. The van der Waals surface area contributed by atoms with Crippen LogP contribution in [0.15, 0.2) is 83.8 Å². The van der Waals surface area contributed by atoms with Crippen LogP contribution in [-0.4, -0.2) is 50.3 Å². The summed E-state index contributed by atoms with van der Waals surface area (Å²) < 4.78 is 43.3. The number of rotatable bonds is 11. The van der Waals surface area contributed by atoms with Gasteiger partial charge in [0.15, 0.2) is 0 Å². The number of anilines is 1. The molecule has 1 aliphatic rings. The molecule has 0 spiro atoms. The third-order valence-corrected chi connectivity index (χ3v) is 9.14. The van der Waals surface area contributed by atoms with Crippen molar-refractivity contribution in [1.29, 1.82) is 0 Å². The largest absolute Gasteiger partial charge is 0.352 e. The molecule has 1 saturated carbocycles. The van der Waals surface area contributed by atoms with Gasteiger partial charge in [-0.05, 0) is 62.9 Å². The van der Waals surface area contributed by atoms with Gasteiger partial charge in [-0.1, -0.05) is 73.0 Å². The van der Waals surface area contributed by atoms with Gasteiger partial charge < -0.3 is 10.2 Å². The summed E-state index contributed by atoms with van der Waals surface area (Å²) in [7, 11) is -4.31. The van der Waals surface area contributed by atoms with Crippen LogP contribution in [0.25, 0.3) is 0 Å². The Morgan fingerprint density at radius 2 is 1.57 bits per heavy atom. The van der Waals surface area contributed by atoms with Crippen molar-refractivity contribution >= 4 is 27.5 Å². The molecule has 212 valence electrons. The Morgan fingerprint density at radius 1 is 0.950 bits per heavy atom. The van der Waals surface area contributed by atoms with Gasteiger partial charge in [0.2, 0.25) is 11.8 Å². The Labute approximate surface area is 236 Å². The minimum Gasteiger partial charge on any atom is -0.352 e. The van der Waals surface area contributed by atoms with E-state index in [2.05, 4.69) is 5.32 Å². The molecule has 1 atom stereocenters. The Balaban J connectivity index is 1.65. The topological polar surface area (TPSA) is 86.8 Å². The van der Waals surface area contributed by atoms with E-state index in [1.165, 1.54) is 35.2 Å². The van der Waals surface area contributed by atoms with Crippen molar-refractivity contribution in [3.8, 4) is 0 Å². The summed E-state index contributed by atoms with van der Waals surface area (Å²) in [6.07, 6.45) is 4.35. The first-order valence-corrected chi connectivity index (χ1v) is 15.1. The molecule has 0 unspecified atom stereocenters. The summed E-state index contributed by atoms with van der Waals surface area (Å²) in [6, 6.07) is 20.4. The SMILES string of the molecule is Cc1ccc(S(=O)(=O)N(CC(=O)N(CCc2ccccc2)[C@@H](C)C(=O)NC2CCCC2)c2ccccc2F)cc1. The summed E-state index contributed by atoms with van der Waals surface area (Å²) >= 11 is 0. The number of benzene rings is 3. The second kappa shape index (κ2) is 13.1. The van der Waals surface area contributed by atoms with Crippen LogP contribution in [-0.2, 0) is 26.0 Å². The lowest BCUT2D eigenvalue weighted by atomic mass is 10.1. The van der Waals surface area contributed by atoms with E-state index in [1.807, 2.05) is 37.3 Å². The molecular formula is C31H36FN3O4S. The molecule has 0 saturated heterocycles. The van der Waals surface area contributed by atoms with E-state index in [1.54, 1.807) is 19.1 Å². The van der Waals surface area contributed by atoms with Gasteiger partial charge in [-0.25, -0.2) is 12.8 Å². The van der Waals surface area contributed by atoms with E-state index in [4.69, 9.17) is 0 Å². The van der Waals surface area contributed by atoms with Crippen LogP contribution in [0.4, 0.5) is 10.1 Å². The summed E-state index contributed by atoms with van der Waals surface area (Å²) in [5.74, 6) is -1.65. The van der Waals surface area contributed by atoms with Crippen LogP contribution in [0.1, 0.15) is 43.7 Å². The molecule has 7 nitrogen and oxygen atoms in total. The summed E-state index contributed by atoms with van der Waals surface area (Å²) in [6.45, 7) is 3.01. The van der Waals surface area contributed by atoms with Crippen molar-refractivity contribution < 1.29 is 22.4 Å². The fraction of sp³-hybridized carbons (Fsp3) is 0.355. The lowest BCUT2D eigenvalue weighted by Gasteiger charge is -2.32. The second-order valence-electron chi connectivity index (χ2n) is 10.3. The fourth-order valence-electron chi connectivity index (χ4n) is 4.97. The first-order valence-electron chi connectivity index (χ1n) is 13.6. The number of nitrogens with zero attached hydrogens (tertiary/aromatic N) is 2. The zero-order valence-electron chi connectivity index (χ0n) is 22.9. The van der Waals surface area contributed by atoms with Gasteiger partial charge in [-0.3, -0.25) is 13.9 Å². The molecule has 2 amide bonds. The van der Waals surface area contributed by atoms with E-state index in [0.29, 0.717) is 6.42 Å². The third kappa shape index (κ3) is 7.07. The smallest absolute Gasteiger partial charge is 0.264 e.